The zero-order chi connectivity index (χ0) is 23.0. The summed E-state index contributed by atoms with van der Waals surface area (Å²) < 4.78 is 0. The fraction of sp³-hybridized carbons (Fsp3) is 0.222. The molecule has 33 heavy (non-hydrogen) atoms. The number of hydrogen-bond acceptors (Lipinski definition) is 4. The molecule has 0 saturated carbocycles. The van der Waals surface area contributed by atoms with Gasteiger partial charge in [-0.3, -0.25) is 9.59 Å². The van der Waals surface area contributed by atoms with Crippen LogP contribution in [0, 0.1) is 11.3 Å². The van der Waals surface area contributed by atoms with Crippen LogP contribution in [0.3, 0.4) is 0 Å². The number of carbonyl (C=O) groups is 2. The van der Waals surface area contributed by atoms with Crippen LogP contribution < -0.4 is 15.5 Å². The maximum Gasteiger partial charge on any atom is 0.313 e. The van der Waals surface area contributed by atoms with E-state index in [1.807, 2.05) is 6.07 Å². The molecule has 1 aliphatic heterocycles. The maximum absolute atomic E-state index is 12.1. The van der Waals surface area contributed by atoms with Gasteiger partial charge in [0.05, 0.1) is 11.3 Å². The van der Waals surface area contributed by atoms with Crippen molar-refractivity contribution < 1.29 is 9.59 Å². The molecule has 0 bridgehead atoms. The number of fused-ring (bicyclic) bond motifs is 1. The van der Waals surface area contributed by atoms with Gasteiger partial charge in [0.2, 0.25) is 0 Å². The molecular formula is C27H26N4O2. The lowest BCUT2D eigenvalue weighted by molar-refractivity contribution is -0.136. The van der Waals surface area contributed by atoms with E-state index in [4.69, 9.17) is 5.26 Å². The molecule has 0 aromatic heterocycles. The van der Waals surface area contributed by atoms with Gasteiger partial charge in [0.1, 0.15) is 6.07 Å². The second kappa shape index (κ2) is 10.5. The normalized spacial score (nSPS) is 12.4. The van der Waals surface area contributed by atoms with Gasteiger partial charge in [-0.2, -0.15) is 5.26 Å². The molecule has 0 atom stereocenters. The highest BCUT2D eigenvalue weighted by atomic mass is 16.2. The second-order valence-corrected chi connectivity index (χ2v) is 8.08. The molecule has 0 spiro atoms. The topological polar surface area (TPSA) is 85.2 Å². The number of rotatable bonds is 6. The fourth-order valence-electron chi connectivity index (χ4n) is 4.03. The summed E-state index contributed by atoms with van der Waals surface area (Å²) in [6.07, 6.45) is 2.60. The van der Waals surface area contributed by atoms with Crippen molar-refractivity contribution in [3.63, 3.8) is 0 Å². The Morgan fingerprint density at radius 1 is 0.909 bits per heavy atom. The molecule has 3 aromatic rings. The lowest BCUT2D eigenvalue weighted by Gasteiger charge is -2.30. The van der Waals surface area contributed by atoms with E-state index in [9.17, 15) is 9.59 Å². The third-order valence-corrected chi connectivity index (χ3v) is 5.86. The predicted octanol–water partition coefficient (Wildman–Crippen LogP) is 3.81. The van der Waals surface area contributed by atoms with Crippen molar-refractivity contribution in [1.82, 2.24) is 5.32 Å². The summed E-state index contributed by atoms with van der Waals surface area (Å²) >= 11 is 0. The largest absolute Gasteiger partial charge is 0.367 e. The first-order valence-corrected chi connectivity index (χ1v) is 11.1. The number of aryl methyl sites for hydroxylation is 1. The highest BCUT2D eigenvalue weighted by Crippen LogP contribution is 2.24. The highest BCUT2D eigenvalue weighted by molar-refractivity contribution is 6.39. The minimum Gasteiger partial charge on any atom is -0.367 e. The molecule has 2 amide bonds. The van der Waals surface area contributed by atoms with E-state index in [1.54, 1.807) is 24.3 Å². The summed E-state index contributed by atoms with van der Waals surface area (Å²) in [5, 5.41) is 14.2. The molecule has 3 aromatic carbocycles. The Kier molecular flexibility index (Phi) is 7.01. The van der Waals surface area contributed by atoms with Gasteiger partial charge in [0, 0.05) is 25.3 Å². The Bertz CT molecular complexity index is 1180. The molecule has 0 aliphatic carbocycles. The molecular weight excluding hydrogens is 412 g/mol. The van der Waals surface area contributed by atoms with Crippen LogP contribution in [-0.2, 0) is 29.0 Å². The van der Waals surface area contributed by atoms with Gasteiger partial charge in [-0.05, 0) is 60.2 Å². The van der Waals surface area contributed by atoms with E-state index in [-0.39, 0.29) is 0 Å². The van der Waals surface area contributed by atoms with Crippen molar-refractivity contribution in [1.29, 1.82) is 5.26 Å². The molecule has 0 saturated heterocycles. The number of nitrogens with zero attached hydrogens (tertiary/aromatic N) is 2. The van der Waals surface area contributed by atoms with Gasteiger partial charge in [-0.1, -0.05) is 48.5 Å². The van der Waals surface area contributed by atoms with Crippen molar-refractivity contribution in [3.05, 3.63) is 95.1 Å². The van der Waals surface area contributed by atoms with Crippen LogP contribution in [0.1, 0.15) is 28.7 Å². The van der Waals surface area contributed by atoms with Gasteiger partial charge in [0.25, 0.3) is 0 Å². The molecule has 0 fully saturated rings. The SMILES string of the molecule is N#Cc1ccccc1NC(=O)C(=O)NCCCc1ccc(N2CCc3ccccc3C2)cc1. The number of nitrogens with one attached hydrogen (secondary N) is 2. The highest BCUT2D eigenvalue weighted by Gasteiger charge is 2.16. The molecule has 6 nitrogen and oxygen atoms in total. The number of hydrogen-bond donors (Lipinski definition) is 2. The van der Waals surface area contributed by atoms with Crippen molar-refractivity contribution in [3.8, 4) is 6.07 Å². The van der Waals surface area contributed by atoms with Gasteiger partial charge in [-0.15, -0.1) is 0 Å². The summed E-state index contributed by atoms with van der Waals surface area (Å²) in [4.78, 5) is 26.5. The number of anilines is 2. The molecule has 0 radical (unpaired) electrons. The van der Waals surface area contributed by atoms with Gasteiger partial charge in [0.15, 0.2) is 0 Å². The van der Waals surface area contributed by atoms with Crippen molar-refractivity contribution in [2.75, 3.05) is 23.3 Å². The Balaban J connectivity index is 1.21. The van der Waals surface area contributed by atoms with E-state index >= 15 is 0 Å². The number of benzene rings is 3. The van der Waals surface area contributed by atoms with Crippen LogP contribution >= 0.6 is 0 Å². The Hall–Kier alpha value is -4.11. The minimum absolute atomic E-state index is 0.316. The summed E-state index contributed by atoms with van der Waals surface area (Å²) in [7, 11) is 0. The summed E-state index contributed by atoms with van der Waals surface area (Å²) in [6.45, 7) is 2.35. The summed E-state index contributed by atoms with van der Waals surface area (Å²) in [5.41, 5.74) is 5.89. The predicted molar refractivity (Wildman–Crippen MR) is 129 cm³/mol. The molecule has 2 N–H and O–H groups in total. The Labute approximate surface area is 193 Å². The van der Waals surface area contributed by atoms with Gasteiger partial charge in [-0.25, -0.2) is 0 Å². The number of amides is 2. The van der Waals surface area contributed by atoms with Crippen LogP contribution in [0.2, 0.25) is 0 Å². The summed E-state index contributed by atoms with van der Waals surface area (Å²) in [6, 6.07) is 25.7. The molecule has 166 valence electrons. The number of para-hydroxylation sites is 1. The minimum atomic E-state index is -0.773. The molecule has 4 rings (SSSR count). The van der Waals surface area contributed by atoms with Crippen LogP contribution in [0.4, 0.5) is 11.4 Å². The Morgan fingerprint density at radius 2 is 1.64 bits per heavy atom. The van der Waals surface area contributed by atoms with Crippen molar-refractivity contribution in [2.24, 2.45) is 0 Å². The van der Waals surface area contributed by atoms with E-state index in [0.717, 1.165) is 32.4 Å². The average molecular weight is 439 g/mol. The first-order valence-electron chi connectivity index (χ1n) is 11.1. The maximum atomic E-state index is 12.1. The third kappa shape index (κ3) is 5.58. The average Bonchev–Trinajstić information content (AvgIpc) is 2.87. The summed E-state index contributed by atoms with van der Waals surface area (Å²) in [5.74, 6) is -1.48. The van der Waals surface area contributed by atoms with E-state index < -0.39 is 11.8 Å². The number of nitriles is 1. The lowest BCUT2D eigenvalue weighted by atomic mass is 9.99. The monoisotopic (exact) mass is 438 g/mol. The zero-order valence-corrected chi connectivity index (χ0v) is 18.4. The van der Waals surface area contributed by atoms with E-state index in [2.05, 4.69) is 64.1 Å². The van der Waals surface area contributed by atoms with Crippen LogP contribution in [0.5, 0.6) is 0 Å². The molecule has 6 heteroatoms. The molecule has 1 heterocycles. The lowest BCUT2D eigenvalue weighted by Crippen LogP contribution is -2.36. The van der Waals surface area contributed by atoms with Crippen molar-refractivity contribution >= 4 is 23.2 Å². The number of carbonyl (C=O) groups excluding carboxylic acids is 2. The Morgan fingerprint density at radius 3 is 2.42 bits per heavy atom. The molecule has 1 aliphatic rings. The van der Waals surface area contributed by atoms with Crippen LogP contribution in [0.25, 0.3) is 0 Å². The van der Waals surface area contributed by atoms with Crippen LogP contribution in [0.15, 0.2) is 72.8 Å². The van der Waals surface area contributed by atoms with Gasteiger partial charge < -0.3 is 15.5 Å². The zero-order valence-electron chi connectivity index (χ0n) is 18.4. The van der Waals surface area contributed by atoms with Crippen LogP contribution in [-0.4, -0.2) is 24.9 Å². The molecule has 0 unspecified atom stereocenters. The van der Waals surface area contributed by atoms with Gasteiger partial charge >= 0.3 is 11.8 Å². The third-order valence-electron chi connectivity index (χ3n) is 5.86. The van der Waals surface area contributed by atoms with E-state index in [1.165, 1.54) is 22.4 Å². The van der Waals surface area contributed by atoms with Crippen molar-refractivity contribution in [2.45, 2.75) is 25.8 Å². The second-order valence-electron chi connectivity index (χ2n) is 8.08. The first-order chi connectivity index (χ1) is 16.1. The quantitative estimate of drug-likeness (QED) is 0.453. The van der Waals surface area contributed by atoms with E-state index in [0.29, 0.717) is 17.8 Å². The fourth-order valence-corrected chi connectivity index (χ4v) is 4.03. The standard InChI is InChI=1S/C27H26N4O2/c28-18-22-8-3-4-10-25(22)30-27(33)26(32)29-16-5-6-20-11-13-24(14-12-20)31-17-15-21-7-1-2-9-23(21)19-31/h1-4,7-14H,5-6,15-17,19H2,(H,29,32)(H,30,33). The first kappa shape index (κ1) is 22.1. The smallest absolute Gasteiger partial charge is 0.313 e.